The number of urea groups is 1. The highest BCUT2D eigenvalue weighted by molar-refractivity contribution is 6.30. The molecule has 12 heteroatoms. The molecule has 10 nitrogen and oxygen atoms in total. The summed E-state index contributed by atoms with van der Waals surface area (Å²) in [7, 11) is 1.71. The van der Waals surface area contributed by atoms with Crippen LogP contribution < -0.4 is 16.2 Å². The Bertz CT molecular complexity index is 1530. The first-order valence-electron chi connectivity index (χ1n) is 10.8. The topological polar surface area (TPSA) is 114 Å². The molecule has 2 N–H and O–H groups in total. The highest BCUT2D eigenvalue weighted by Gasteiger charge is 2.41. The van der Waals surface area contributed by atoms with Gasteiger partial charge in [0.15, 0.2) is 0 Å². The van der Waals surface area contributed by atoms with Crippen LogP contribution in [0.5, 0.6) is 0 Å². The lowest BCUT2D eigenvalue weighted by molar-refractivity contribution is -0.120. The molecule has 1 aliphatic rings. The van der Waals surface area contributed by atoms with E-state index in [0.29, 0.717) is 22.0 Å². The number of nitrogens with zero attached hydrogens (tertiary/aromatic N) is 5. The van der Waals surface area contributed by atoms with Crippen LogP contribution in [0.2, 0.25) is 5.02 Å². The van der Waals surface area contributed by atoms with E-state index in [0.717, 1.165) is 6.07 Å². The quantitative estimate of drug-likeness (QED) is 0.439. The standard InChI is InChI=1S/C24H19ClFN7O3/c1-31-19-13-33(24(36)30-20-8-5-14(25)11-27-20)22(16(19)12-28-31)23(35)29-18-7-6-15(10-17(18)26)32-9-3-2-4-21(32)34/h2-12,22H,13H2,1H3,(H,29,35)(H,27,30,36)/t22-/m1/s1. The van der Waals surface area contributed by atoms with Crippen LogP contribution in [0, 0.1) is 5.82 Å². The molecule has 1 atom stereocenters. The molecule has 4 aromatic rings. The van der Waals surface area contributed by atoms with Crippen LogP contribution in [0.1, 0.15) is 17.3 Å². The van der Waals surface area contributed by atoms with Crippen molar-refractivity contribution in [1.29, 1.82) is 0 Å². The Morgan fingerprint density at radius 3 is 2.67 bits per heavy atom. The fraction of sp³-hybridized carbons (Fsp3) is 0.125. The average molecular weight is 508 g/mol. The van der Waals surface area contributed by atoms with E-state index < -0.39 is 23.8 Å². The summed E-state index contributed by atoms with van der Waals surface area (Å²) in [4.78, 5) is 43.8. The van der Waals surface area contributed by atoms with Crippen molar-refractivity contribution in [2.75, 3.05) is 10.6 Å². The zero-order chi connectivity index (χ0) is 25.4. The fourth-order valence-corrected chi connectivity index (χ4v) is 4.13. The van der Waals surface area contributed by atoms with Crippen molar-refractivity contribution in [3.63, 3.8) is 0 Å². The van der Waals surface area contributed by atoms with Crippen LogP contribution in [0.3, 0.4) is 0 Å². The van der Waals surface area contributed by atoms with Gasteiger partial charge in [-0.15, -0.1) is 0 Å². The third kappa shape index (κ3) is 4.31. The van der Waals surface area contributed by atoms with Gasteiger partial charge in [0, 0.05) is 37.1 Å². The molecular formula is C24H19ClFN7O3. The number of anilines is 2. The predicted octanol–water partition coefficient (Wildman–Crippen LogP) is 3.49. The molecule has 182 valence electrons. The number of carbonyl (C=O) groups excluding carboxylic acids is 2. The number of hydrogen-bond donors (Lipinski definition) is 2. The SMILES string of the molecule is Cn1ncc2c1CN(C(=O)Nc1ccc(Cl)cn1)[C@H]2C(=O)Nc1ccc(-n2ccccc2=O)cc1F. The van der Waals surface area contributed by atoms with Crippen molar-refractivity contribution in [1.82, 2.24) is 24.2 Å². The van der Waals surface area contributed by atoms with Crippen LogP contribution in [0.25, 0.3) is 5.69 Å². The smallest absolute Gasteiger partial charge is 0.321 e. The maximum atomic E-state index is 14.9. The van der Waals surface area contributed by atoms with Crippen LogP contribution in [-0.2, 0) is 18.4 Å². The molecule has 36 heavy (non-hydrogen) atoms. The van der Waals surface area contributed by atoms with E-state index in [1.807, 2.05) is 0 Å². The molecule has 1 aliphatic heterocycles. The predicted molar refractivity (Wildman–Crippen MR) is 130 cm³/mol. The summed E-state index contributed by atoms with van der Waals surface area (Å²) in [6, 6.07) is 10.1. The Hall–Kier alpha value is -4.51. The number of benzene rings is 1. The molecule has 0 fully saturated rings. The zero-order valence-electron chi connectivity index (χ0n) is 18.9. The van der Waals surface area contributed by atoms with Gasteiger partial charge >= 0.3 is 6.03 Å². The van der Waals surface area contributed by atoms with Crippen molar-refractivity contribution in [2.45, 2.75) is 12.6 Å². The molecule has 5 rings (SSSR count). The first-order chi connectivity index (χ1) is 17.3. The first kappa shape index (κ1) is 23.2. The highest BCUT2D eigenvalue weighted by atomic mass is 35.5. The lowest BCUT2D eigenvalue weighted by Crippen LogP contribution is -2.39. The Morgan fingerprint density at radius 2 is 1.94 bits per heavy atom. The second kappa shape index (κ2) is 9.27. The van der Waals surface area contributed by atoms with Gasteiger partial charge in [-0.25, -0.2) is 14.2 Å². The minimum Gasteiger partial charge on any atom is -0.321 e. The molecule has 0 spiro atoms. The van der Waals surface area contributed by atoms with Crippen LogP contribution in [0.4, 0.5) is 20.7 Å². The summed E-state index contributed by atoms with van der Waals surface area (Å²) >= 11 is 5.85. The molecule has 0 saturated carbocycles. The summed E-state index contributed by atoms with van der Waals surface area (Å²) < 4.78 is 17.8. The molecular weight excluding hydrogens is 489 g/mol. The number of halogens is 2. The van der Waals surface area contributed by atoms with Crippen LogP contribution in [-0.4, -0.2) is 36.2 Å². The first-order valence-corrected chi connectivity index (χ1v) is 11.2. The summed E-state index contributed by atoms with van der Waals surface area (Å²) in [5.74, 6) is -1.10. The van der Waals surface area contributed by atoms with Gasteiger partial charge in [0.05, 0.1) is 34.8 Å². The lowest BCUT2D eigenvalue weighted by atomic mass is 10.1. The van der Waals surface area contributed by atoms with Gasteiger partial charge in [0.25, 0.3) is 11.5 Å². The Labute approximate surface area is 208 Å². The maximum Gasteiger partial charge on any atom is 0.324 e. The Balaban J connectivity index is 1.40. The molecule has 0 radical (unpaired) electrons. The van der Waals surface area contributed by atoms with Crippen molar-refractivity contribution < 1.29 is 14.0 Å². The van der Waals surface area contributed by atoms with E-state index in [-0.39, 0.29) is 23.6 Å². The van der Waals surface area contributed by atoms with E-state index in [1.165, 1.54) is 52.3 Å². The van der Waals surface area contributed by atoms with Crippen molar-refractivity contribution in [3.8, 4) is 5.69 Å². The number of aromatic nitrogens is 4. The number of aryl methyl sites for hydroxylation is 1. The number of pyridine rings is 2. The zero-order valence-corrected chi connectivity index (χ0v) is 19.6. The molecule has 0 aliphatic carbocycles. The third-order valence-corrected chi connectivity index (χ3v) is 6.03. The maximum absolute atomic E-state index is 14.9. The van der Waals surface area contributed by atoms with Gasteiger partial charge < -0.3 is 10.2 Å². The van der Waals surface area contributed by atoms with E-state index in [1.54, 1.807) is 29.9 Å². The number of fused-ring (bicyclic) bond motifs is 1. The Kier molecular flexibility index (Phi) is 5.98. The number of nitrogens with one attached hydrogen (secondary N) is 2. The molecule has 0 saturated heterocycles. The van der Waals surface area contributed by atoms with Crippen LogP contribution >= 0.6 is 11.6 Å². The number of rotatable bonds is 4. The largest absolute Gasteiger partial charge is 0.324 e. The normalized spacial score (nSPS) is 14.4. The number of hydrogen-bond acceptors (Lipinski definition) is 5. The number of amides is 3. The number of carbonyl (C=O) groups is 2. The summed E-state index contributed by atoms with van der Waals surface area (Å²) in [6.07, 6.45) is 4.42. The van der Waals surface area contributed by atoms with Gasteiger partial charge in [-0.3, -0.25) is 24.2 Å². The van der Waals surface area contributed by atoms with E-state index in [2.05, 4.69) is 20.7 Å². The van der Waals surface area contributed by atoms with Crippen LogP contribution in [0.15, 0.2) is 71.9 Å². The van der Waals surface area contributed by atoms with Gasteiger partial charge in [-0.1, -0.05) is 17.7 Å². The minimum absolute atomic E-state index is 0.0928. The lowest BCUT2D eigenvalue weighted by Gasteiger charge is -2.24. The Morgan fingerprint density at radius 1 is 1.11 bits per heavy atom. The van der Waals surface area contributed by atoms with Gasteiger partial charge in [-0.05, 0) is 30.3 Å². The molecule has 3 amide bonds. The monoisotopic (exact) mass is 507 g/mol. The van der Waals surface area contributed by atoms with Gasteiger partial charge in [0.1, 0.15) is 17.7 Å². The van der Waals surface area contributed by atoms with E-state index >= 15 is 0 Å². The molecule has 3 aromatic heterocycles. The molecule has 0 bridgehead atoms. The van der Waals surface area contributed by atoms with Crippen molar-refractivity contribution >= 4 is 35.0 Å². The fourth-order valence-electron chi connectivity index (χ4n) is 4.02. The molecule has 1 aromatic carbocycles. The summed E-state index contributed by atoms with van der Waals surface area (Å²) in [5.41, 5.74) is 1.10. The second-order valence-electron chi connectivity index (χ2n) is 8.05. The highest BCUT2D eigenvalue weighted by Crippen LogP contribution is 2.35. The van der Waals surface area contributed by atoms with Crippen molar-refractivity contribution in [3.05, 3.63) is 99.6 Å². The van der Waals surface area contributed by atoms with Gasteiger partial charge in [0.2, 0.25) is 0 Å². The van der Waals surface area contributed by atoms with Gasteiger partial charge in [-0.2, -0.15) is 5.10 Å². The third-order valence-electron chi connectivity index (χ3n) is 5.80. The summed E-state index contributed by atoms with van der Waals surface area (Å²) in [5, 5.41) is 9.80. The summed E-state index contributed by atoms with van der Waals surface area (Å²) in [6.45, 7) is 0.113. The molecule has 0 unspecified atom stereocenters. The van der Waals surface area contributed by atoms with Crippen molar-refractivity contribution in [2.24, 2.45) is 7.05 Å². The minimum atomic E-state index is -1.06. The average Bonchev–Trinajstić information content (AvgIpc) is 3.42. The second-order valence-corrected chi connectivity index (χ2v) is 8.49. The van der Waals surface area contributed by atoms with E-state index in [9.17, 15) is 18.8 Å². The molecule has 4 heterocycles. The van der Waals surface area contributed by atoms with E-state index in [4.69, 9.17) is 11.6 Å².